The molecule has 2 aromatic carbocycles. The van der Waals surface area contributed by atoms with Crippen LogP contribution in [-0.2, 0) is 25.3 Å². The van der Waals surface area contributed by atoms with E-state index in [4.69, 9.17) is 0 Å². The fourth-order valence-electron chi connectivity index (χ4n) is 5.22. The zero-order valence-corrected chi connectivity index (χ0v) is 34.3. The lowest BCUT2D eigenvalue weighted by Crippen LogP contribution is -2.30. The predicted octanol–water partition coefficient (Wildman–Crippen LogP) is 12.4. The molecule has 56 heavy (non-hydrogen) atoms. The van der Waals surface area contributed by atoms with Gasteiger partial charge in [0.2, 0.25) is 6.33 Å². The molecule has 0 fully saturated rings. The van der Waals surface area contributed by atoms with E-state index in [0.717, 1.165) is 61.7 Å². The number of benzene rings is 2. The van der Waals surface area contributed by atoms with Crippen molar-refractivity contribution in [2.45, 2.75) is 105 Å². The molecule has 0 unspecified atom stereocenters. The monoisotopic (exact) mass is 848 g/mol. The number of aryl methyl sites for hydroxylation is 2. The maximum atomic E-state index is 13.5. The number of rotatable bonds is 12. The first-order chi connectivity index (χ1) is 26.8. The highest BCUT2D eigenvalue weighted by atomic mass is 79.9. The smallest absolute Gasteiger partial charge is 0.323 e. The molecule has 6 aromatic rings. The van der Waals surface area contributed by atoms with Crippen LogP contribution in [0.4, 0.5) is 26.3 Å². The van der Waals surface area contributed by atoms with Crippen LogP contribution >= 0.6 is 15.9 Å². The van der Waals surface area contributed by atoms with E-state index in [9.17, 15) is 26.3 Å². The van der Waals surface area contributed by atoms with E-state index in [1.165, 1.54) is 65.6 Å². The van der Waals surface area contributed by atoms with Gasteiger partial charge in [0.25, 0.3) is 0 Å². The highest BCUT2D eigenvalue weighted by molar-refractivity contribution is 9.09. The van der Waals surface area contributed by atoms with E-state index >= 15 is 0 Å². The fourth-order valence-corrected chi connectivity index (χ4v) is 5.78. The number of imidazole rings is 3. The summed E-state index contributed by atoms with van der Waals surface area (Å²) in [5, 5.41) is 1.16. The van der Waals surface area contributed by atoms with Gasteiger partial charge >= 0.3 is 12.4 Å². The Morgan fingerprint density at radius 2 is 1.09 bits per heavy atom. The summed E-state index contributed by atoms with van der Waals surface area (Å²) in [6.45, 7) is 11.5. The van der Waals surface area contributed by atoms with E-state index in [-0.39, 0.29) is 0 Å². The van der Waals surface area contributed by atoms with Gasteiger partial charge < -0.3 is 13.7 Å². The van der Waals surface area contributed by atoms with Crippen LogP contribution in [0.3, 0.4) is 0 Å². The van der Waals surface area contributed by atoms with Gasteiger partial charge in [-0.05, 0) is 67.6 Å². The highest BCUT2D eigenvalue weighted by Crippen LogP contribution is 2.34. The topological polar surface area (TPSA) is 49.4 Å². The van der Waals surface area contributed by atoms with Crippen molar-refractivity contribution in [1.82, 2.24) is 28.2 Å². The van der Waals surface area contributed by atoms with Crippen LogP contribution in [0.2, 0.25) is 0 Å². The molecule has 0 saturated heterocycles. The lowest BCUT2D eigenvalue weighted by Gasteiger charge is -2.13. The van der Waals surface area contributed by atoms with Gasteiger partial charge in [-0.25, -0.2) is 19.1 Å². The minimum Gasteiger partial charge on any atom is -0.323 e. The Kier molecular flexibility index (Phi) is 18.7. The van der Waals surface area contributed by atoms with Crippen LogP contribution in [0.1, 0.15) is 96.3 Å². The van der Waals surface area contributed by atoms with Crippen molar-refractivity contribution in [3.8, 4) is 22.7 Å². The molecular weight excluding hydrogens is 796 g/mol. The van der Waals surface area contributed by atoms with E-state index in [1.807, 2.05) is 35.6 Å². The van der Waals surface area contributed by atoms with Crippen molar-refractivity contribution in [3.05, 3.63) is 128 Å². The molecule has 0 amide bonds. The summed E-state index contributed by atoms with van der Waals surface area (Å²) in [5.41, 5.74) is 1.58. The van der Waals surface area contributed by atoms with Gasteiger partial charge in [-0.3, -0.25) is 0 Å². The molecule has 14 heteroatoms. The Hall–Kier alpha value is -4.59. The Morgan fingerprint density at radius 1 is 0.607 bits per heavy atom. The minimum absolute atomic E-state index is 0.390. The standard InChI is InChI=1S/C22H27F3N3.C13H9F3N4.C4H9Br.C3H8/c1-3-5-7-18-8-10-27(16-18)20-13-19(22(23,24)25)14-21(15-20)28-12-11-26(17-28)9-6-4-2;14-13(15,16)10-5-11(19-3-1-17-8-19)7-12(6-10)20-4-2-18-9-20;1-2-3-4-5;1-3-2/h8,10-17H,3-7,9H2,1-2H3;1-9H;2-4H2,1H3;3H2,1-2H3/q+1;;;. The highest BCUT2D eigenvalue weighted by Gasteiger charge is 2.33. The Morgan fingerprint density at radius 3 is 1.50 bits per heavy atom. The molecule has 0 atom stereocenters. The molecule has 0 spiro atoms. The van der Waals surface area contributed by atoms with Crippen molar-refractivity contribution in [2.24, 2.45) is 0 Å². The third-order valence-electron chi connectivity index (χ3n) is 8.18. The summed E-state index contributed by atoms with van der Waals surface area (Å²) in [6, 6.07) is 9.99. The molecule has 4 heterocycles. The van der Waals surface area contributed by atoms with Gasteiger partial charge in [0, 0.05) is 65.6 Å². The summed E-state index contributed by atoms with van der Waals surface area (Å²) in [6.07, 6.45) is 18.6. The normalized spacial score (nSPS) is 11.2. The number of halogens is 7. The van der Waals surface area contributed by atoms with Crippen LogP contribution < -0.4 is 4.57 Å². The average molecular weight is 850 g/mol. The summed E-state index contributed by atoms with van der Waals surface area (Å²) >= 11 is 3.31. The molecule has 0 radical (unpaired) electrons. The lowest BCUT2D eigenvalue weighted by molar-refractivity contribution is -0.696. The minimum atomic E-state index is -4.41. The third kappa shape index (κ3) is 14.5. The second-order valence-corrected chi connectivity index (χ2v) is 13.9. The molecule has 304 valence electrons. The SMILES string of the molecule is CCC.CCCCBr.CCCCc1ccn(-c2cc(-n3cc[n+](CCCC)c3)cc(C(F)(F)F)c2)c1.FC(F)(F)c1cc(-n2ccnc2)cc(-n2ccnc2)c1. The first-order valence-corrected chi connectivity index (χ1v) is 20.1. The quantitative estimate of drug-likeness (QED) is 0.0700. The summed E-state index contributed by atoms with van der Waals surface area (Å²) in [4.78, 5) is 7.69. The van der Waals surface area contributed by atoms with Crippen molar-refractivity contribution >= 4 is 15.9 Å². The number of hydrogen-bond donors (Lipinski definition) is 0. The summed E-state index contributed by atoms with van der Waals surface area (Å²) in [5.74, 6) is 0. The molecule has 6 rings (SSSR count). The van der Waals surface area contributed by atoms with Gasteiger partial charge in [-0.2, -0.15) is 26.3 Å². The van der Waals surface area contributed by atoms with Gasteiger partial charge in [-0.15, -0.1) is 0 Å². The summed E-state index contributed by atoms with van der Waals surface area (Å²) in [7, 11) is 0. The lowest BCUT2D eigenvalue weighted by atomic mass is 10.1. The molecule has 0 N–H and O–H groups in total. The number of nitrogens with zero attached hydrogens (tertiary/aromatic N) is 7. The van der Waals surface area contributed by atoms with Gasteiger partial charge in [-0.1, -0.05) is 76.2 Å². The molecule has 0 aliphatic rings. The molecule has 0 saturated carbocycles. The first kappa shape index (κ1) is 45.8. The maximum Gasteiger partial charge on any atom is 0.416 e. The van der Waals surface area contributed by atoms with Crippen molar-refractivity contribution in [1.29, 1.82) is 0 Å². The zero-order valence-electron chi connectivity index (χ0n) is 32.7. The van der Waals surface area contributed by atoms with E-state index in [2.05, 4.69) is 60.5 Å². The number of alkyl halides is 7. The molecule has 4 aromatic heterocycles. The van der Waals surface area contributed by atoms with Crippen LogP contribution in [0.25, 0.3) is 22.7 Å². The second-order valence-electron chi connectivity index (χ2n) is 13.1. The Balaban J connectivity index is 0.000000261. The van der Waals surface area contributed by atoms with Crippen LogP contribution in [-0.4, -0.2) is 33.6 Å². The van der Waals surface area contributed by atoms with Crippen LogP contribution in [0.5, 0.6) is 0 Å². The predicted molar refractivity (Wildman–Crippen MR) is 214 cm³/mol. The Bertz CT molecular complexity index is 1840. The molecule has 0 bridgehead atoms. The number of hydrogen-bond acceptors (Lipinski definition) is 2. The summed E-state index contributed by atoms with van der Waals surface area (Å²) < 4.78 is 88.0. The van der Waals surface area contributed by atoms with E-state index in [1.54, 1.807) is 39.9 Å². The number of aromatic nitrogens is 7. The van der Waals surface area contributed by atoms with Gasteiger partial charge in [0.05, 0.1) is 30.3 Å². The maximum absolute atomic E-state index is 13.5. The van der Waals surface area contributed by atoms with Gasteiger partial charge in [0.15, 0.2) is 0 Å². The molecule has 7 nitrogen and oxygen atoms in total. The third-order valence-corrected chi connectivity index (χ3v) is 8.74. The average Bonchev–Trinajstić information content (AvgIpc) is 4.01. The molecule has 0 aliphatic carbocycles. The zero-order chi connectivity index (χ0) is 41.1. The molecule has 0 aliphatic heterocycles. The van der Waals surface area contributed by atoms with Crippen LogP contribution in [0.15, 0.2) is 111 Å². The molecular formula is C42H53BrF6N7+. The number of unbranched alkanes of at least 4 members (excludes halogenated alkanes) is 3. The Labute approximate surface area is 334 Å². The van der Waals surface area contributed by atoms with E-state index < -0.39 is 23.5 Å². The second kappa shape index (κ2) is 22.8. The largest absolute Gasteiger partial charge is 0.416 e. The first-order valence-electron chi connectivity index (χ1n) is 19.0. The van der Waals surface area contributed by atoms with Crippen molar-refractivity contribution in [3.63, 3.8) is 0 Å². The van der Waals surface area contributed by atoms with Crippen molar-refractivity contribution in [2.75, 3.05) is 5.33 Å². The fraction of sp³-hybridized carbons (Fsp3) is 0.405. The van der Waals surface area contributed by atoms with Gasteiger partial charge in [0.1, 0.15) is 18.1 Å². The van der Waals surface area contributed by atoms with Crippen LogP contribution in [0, 0.1) is 0 Å². The van der Waals surface area contributed by atoms with Crippen molar-refractivity contribution < 1.29 is 30.9 Å². The van der Waals surface area contributed by atoms with E-state index in [0.29, 0.717) is 22.7 Å².